The molecule has 0 aliphatic carbocycles. The van der Waals surface area contributed by atoms with E-state index in [1.165, 1.54) is 12.1 Å². The Kier molecular flexibility index (Phi) is 15.2. The van der Waals surface area contributed by atoms with Gasteiger partial charge in [0.05, 0.1) is 82.0 Å². The maximum Gasteiger partial charge on any atom is 0.299 e. The van der Waals surface area contributed by atoms with Gasteiger partial charge >= 0.3 is 0 Å². The van der Waals surface area contributed by atoms with E-state index in [-0.39, 0.29) is 23.7 Å². The Balaban J connectivity index is 1.33. The number of benzene rings is 2. The predicted octanol–water partition coefficient (Wildman–Crippen LogP) is 3.08. The van der Waals surface area contributed by atoms with Crippen LogP contribution in [0.3, 0.4) is 0 Å². The van der Waals surface area contributed by atoms with Crippen LogP contribution in [-0.4, -0.2) is 89.1 Å². The molecular weight excluding hydrogens is 490 g/mol. The zero-order valence-corrected chi connectivity index (χ0v) is 20.6. The number of nitro benzene ring substituents is 2. The molecule has 0 saturated heterocycles. The first-order valence-electron chi connectivity index (χ1n) is 11.8. The minimum absolute atomic E-state index is 0.192. The fraction of sp³-hybridized carbons (Fsp3) is 0.500. The van der Waals surface area contributed by atoms with E-state index in [9.17, 15) is 20.2 Å². The molecule has 0 aliphatic heterocycles. The second-order valence-corrected chi connectivity index (χ2v) is 7.37. The summed E-state index contributed by atoms with van der Waals surface area (Å²) in [6, 6.07) is 13.0. The molecule has 13 heteroatoms. The molecule has 0 aromatic heterocycles. The number of anilines is 1. The molecule has 0 bridgehead atoms. The van der Waals surface area contributed by atoms with Gasteiger partial charge in [0, 0.05) is 12.6 Å². The molecular formula is C24H33N3O10. The average Bonchev–Trinajstić information content (AvgIpc) is 2.90. The van der Waals surface area contributed by atoms with Crippen molar-refractivity contribution in [3.63, 3.8) is 0 Å². The molecule has 37 heavy (non-hydrogen) atoms. The van der Waals surface area contributed by atoms with Gasteiger partial charge in [0.1, 0.15) is 18.0 Å². The zero-order valence-electron chi connectivity index (χ0n) is 20.6. The quantitative estimate of drug-likeness (QED) is 0.138. The summed E-state index contributed by atoms with van der Waals surface area (Å²) in [5.41, 5.74) is -0.508. The largest absolute Gasteiger partial charge is 0.491 e. The number of hydrogen-bond acceptors (Lipinski definition) is 11. The number of nitrogens with one attached hydrogen (secondary N) is 1. The number of rotatable bonds is 22. The van der Waals surface area contributed by atoms with E-state index >= 15 is 0 Å². The molecule has 0 saturated carbocycles. The van der Waals surface area contributed by atoms with E-state index in [2.05, 4.69) is 5.32 Å². The van der Waals surface area contributed by atoms with Crippen molar-refractivity contribution in [2.75, 3.05) is 84.5 Å². The normalized spacial score (nSPS) is 10.8. The minimum atomic E-state index is -0.679. The zero-order chi connectivity index (χ0) is 26.6. The number of hydrogen-bond donors (Lipinski definition) is 1. The first-order valence-corrected chi connectivity index (χ1v) is 11.8. The second-order valence-electron chi connectivity index (χ2n) is 7.37. The molecule has 0 radical (unpaired) electrons. The summed E-state index contributed by atoms with van der Waals surface area (Å²) in [5, 5.41) is 24.7. The van der Waals surface area contributed by atoms with Crippen LogP contribution >= 0.6 is 0 Å². The molecule has 1 N–H and O–H groups in total. The molecule has 204 valence electrons. The van der Waals surface area contributed by atoms with Gasteiger partial charge in [-0.2, -0.15) is 0 Å². The standard InChI is InChI=1S/C24H33N3O10/c28-26(29)21-6-7-23(24(20-21)27(30)31)25-8-9-32-10-11-33-12-13-34-14-15-35-16-17-36-18-19-37-22-4-2-1-3-5-22/h1-7,20,25H,8-19H2. The van der Waals surface area contributed by atoms with E-state index in [0.29, 0.717) is 72.6 Å². The SMILES string of the molecule is O=[N+]([O-])c1ccc(NCCOCCOCCOCCOCCOCCOc2ccccc2)c([N+](=O)[O-])c1. The number of nitrogens with zero attached hydrogens (tertiary/aromatic N) is 2. The van der Waals surface area contributed by atoms with E-state index in [0.717, 1.165) is 11.8 Å². The maximum absolute atomic E-state index is 11.1. The number of ether oxygens (including phenoxy) is 6. The lowest BCUT2D eigenvalue weighted by molar-refractivity contribution is -0.393. The van der Waals surface area contributed by atoms with Crippen molar-refractivity contribution in [3.8, 4) is 5.75 Å². The number of non-ortho nitro benzene ring substituents is 1. The minimum Gasteiger partial charge on any atom is -0.491 e. The van der Waals surface area contributed by atoms with Gasteiger partial charge in [-0.1, -0.05) is 18.2 Å². The molecule has 2 aromatic rings. The van der Waals surface area contributed by atoms with Gasteiger partial charge in [0.2, 0.25) is 0 Å². The topological polar surface area (TPSA) is 154 Å². The van der Waals surface area contributed by atoms with Crippen LogP contribution in [0.5, 0.6) is 5.75 Å². The monoisotopic (exact) mass is 523 g/mol. The van der Waals surface area contributed by atoms with Crippen LogP contribution in [0.25, 0.3) is 0 Å². The molecule has 0 amide bonds. The van der Waals surface area contributed by atoms with E-state index in [1.807, 2.05) is 30.3 Å². The van der Waals surface area contributed by atoms with Crippen LogP contribution in [0.4, 0.5) is 17.1 Å². The highest BCUT2D eigenvalue weighted by Gasteiger charge is 2.18. The Morgan fingerprint density at radius 2 is 1.14 bits per heavy atom. The van der Waals surface area contributed by atoms with E-state index in [4.69, 9.17) is 28.4 Å². The van der Waals surface area contributed by atoms with Crippen LogP contribution in [0.2, 0.25) is 0 Å². The molecule has 0 heterocycles. The highest BCUT2D eigenvalue weighted by atomic mass is 16.6. The van der Waals surface area contributed by atoms with Gasteiger partial charge < -0.3 is 33.7 Å². The fourth-order valence-corrected chi connectivity index (χ4v) is 2.91. The molecule has 2 rings (SSSR count). The van der Waals surface area contributed by atoms with Crippen molar-refractivity contribution in [2.45, 2.75) is 0 Å². The Bertz CT molecular complexity index is 917. The lowest BCUT2D eigenvalue weighted by Gasteiger charge is -2.09. The fourth-order valence-electron chi connectivity index (χ4n) is 2.91. The predicted molar refractivity (Wildman–Crippen MR) is 134 cm³/mol. The summed E-state index contributed by atoms with van der Waals surface area (Å²) in [5.74, 6) is 0.820. The highest BCUT2D eigenvalue weighted by molar-refractivity contribution is 5.65. The Morgan fingerprint density at radius 3 is 1.65 bits per heavy atom. The highest BCUT2D eigenvalue weighted by Crippen LogP contribution is 2.28. The van der Waals surface area contributed by atoms with Crippen LogP contribution in [-0.2, 0) is 23.7 Å². The Labute approximate surface area is 214 Å². The first-order chi connectivity index (χ1) is 18.1. The van der Waals surface area contributed by atoms with Gasteiger partial charge in [-0.3, -0.25) is 20.2 Å². The summed E-state index contributed by atoms with van der Waals surface area (Å²) >= 11 is 0. The lowest BCUT2D eigenvalue weighted by Crippen LogP contribution is -2.15. The lowest BCUT2D eigenvalue weighted by atomic mass is 10.2. The summed E-state index contributed by atoms with van der Waals surface area (Å²) in [6.07, 6.45) is 0. The van der Waals surface area contributed by atoms with Gasteiger partial charge in [-0.25, -0.2) is 0 Å². The Morgan fingerprint density at radius 1 is 0.622 bits per heavy atom. The van der Waals surface area contributed by atoms with Crippen molar-refractivity contribution in [2.24, 2.45) is 0 Å². The van der Waals surface area contributed by atoms with Crippen molar-refractivity contribution in [3.05, 3.63) is 68.8 Å². The molecule has 0 spiro atoms. The van der Waals surface area contributed by atoms with E-state index in [1.54, 1.807) is 0 Å². The molecule has 0 aliphatic rings. The Hall–Kier alpha value is -3.36. The summed E-state index contributed by atoms with van der Waals surface area (Å²) in [6.45, 7) is 5.04. The third kappa shape index (κ3) is 13.5. The van der Waals surface area contributed by atoms with Crippen molar-refractivity contribution < 1.29 is 38.3 Å². The third-order valence-electron chi connectivity index (χ3n) is 4.68. The van der Waals surface area contributed by atoms with Crippen LogP contribution in [0.15, 0.2) is 48.5 Å². The molecule has 0 atom stereocenters. The first kappa shape index (κ1) is 29.9. The number of para-hydroxylation sites is 1. The van der Waals surface area contributed by atoms with Gasteiger partial charge in [0.15, 0.2) is 0 Å². The summed E-state index contributed by atoms with van der Waals surface area (Å²) < 4.78 is 32.6. The van der Waals surface area contributed by atoms with Gasteiger partial charge in [-0.05, 0) is 18.2 Å². The van der Waals surface area contributed by atoms with Crippen molar-refractivity contribution in [1.29, 1.82) is 0 Å². The van der Waals surface area contributed by atoms with Gasteiger partial charge in [-0.15, -0.1) is 0 Å². The maximum atomic E-state index is 11.1. The average molecular weight is 524 g/mol. The van der Waals surface area contributed by atoms with Crippen LogP contribution in [0.1, 0.15) is 0 Å². The molecule has 2 aromatic carbocycles. The molecule has 0 fully saturated rings. The number of nitro groups is 2. The van der Waals surface area contributed by atoms with Crippen LogP contribution in [0, 0.1) is 20.2 Å². The molecule has 0 unspecified atom stereocenters. The summed E-state index contributed by atoms with van der Waals surface area (Å²) in [7, 11) is 0. The van der Waals surface area contributed by atoms with Crippen molar-refractivity contribution in [1.82, 2.24) is 0 Å². The second kappa shape index (κ2) is 18.8. The van der Waals surface area contributed by atoms with Crippen LogP contribution < -0.4 is 10.1 Å². The third-order valence-corrected chi connectivity index (χ3v) is 4.68. The van der Waals surface area contributed by atoms with Gasteiger partial charge in [0.25, 0.3) is 11.4 Å². The van der Waals surface area contributed by atoms with Crippen molar-refractivity contribution >= 4 is 17.1 Å². The smallest absolute Gasteiger partial charge is 0.299 e. The van der Waals surface area contributed by atoms with E-state index < -0.39 is 9.85 Å². The summed E-state index contributed by atoms with van der Waals surface area (Å²) in [4.78, 5) is 20.5. The molecule has 13 nitrogen and oxygen atoms in total.